The Bertz CT molecular complexity index is 892. The van der Waals surface area contributed by atoms with Crippen LogP contribution >= 0.6 is 0 Å². The van der Waals surface area contributed by atoms with Crippen molar-refractivity contribution < 1.29 is 9.21 Å². The van der Waals surface area contributed by atoms with Gasteiger partial charge in [-0.05, 0) is 43.5 Å². The summed E-state index contributed by atoms with van der Waals surface area (Å²) in [6, 6.07) is 11.4. The van der Waals surface area contributed by atoms with Crippen molar-refractivity contribution in [3.8, 4) is 0 Å². The number of nitrogens with zero attached hydrogens (tertiary/aromatic N) is 2. The van der Waals surface area contributed by atoms with Gasteiger partial charge in [-0.25, -0.2) is 4.98 Å². The minimum atomic E-state index is -0.210. The lowest BCUT2D eigenvalue weighted by atomic mass is 9.87. The molecule has 5 heteroatoms. The number of hydrogen-bond donors (Lipinski definition) is 1. The molecule has 3 aromatic rings. The van der Waals surface area contributed by atoms with Crippen molar-refractivity contribution in [2.45, 2.75) is 58.0 Å². The Hall–Kier alpha value is -2.56. The molecule has 2 heterocycles. The number of imidazole rings is 1. The summed E-state index contributed by atoms with van der Waals surface area (Å²) in [5.74, 6) is 1.83. The van der Waals surface area contributed by atoms with Crippen molar-refractivity contribution in [3.63, 3.8) is 0 Å². The SMILES string of the molecule is C[C@H](NC(=O)c1ccco1)c1nc2ccccc2n1CCC1CCCCC1. The van der Waals surface area contributed by atoms with E-state index >= 15 is 0 Å². The highest BCUT2D eigenvalue weighted by Gasteiger charge is 2.21. The Kier molecular flexibility index (Phi) is 5.28. The molecule has 0 spiro atoms. The first-order valence-corrected chi connectivity index (χ1v) is 10.0. The van der Waals surface area contributed by atoms with Crippen LogP contribution in [0.4, 0.5) is 0 Å². The predicted molar refractivity (Wildman–Crippen MR) is 106 cm³/mol. The number of para-hydroxylation sites is 2. The number of hydrogen-bond acceptors (Lipinski definition) is 3. The fourth-order valence-corrected chi connectivity index (χ4v) is 4.19. The van der Waals surface area contributed by atoms with E-state index in [1.807, 2.05) is 19.1 Å². The maximum Gasteiger partial charge on any atom is 0.287 e. The second-order valence-electron chi connectivity index (χ2n) is 7.58. The van der Waals surface area contributed by atoms with Gasteiger partial charge in [0.2, 0.25) is 0 Å². The first kappa shape index (κ1) is 17.8. The zero-order valence-corrected chi connectivity index (χ0v) is 15.9. The van der Waals surface area contributed by atoms with Gasteiger partial charge in [-0.3, -0.25) is 4.79 Å². The number of carbonyl (C=O) groups is 1. The molecule has 0 saturated heterocycles. The molecule has 27 heavy (non-hydrogen) atoms. The number of carbonyl (C=O) groups excluding carboxylic acids is 1. The molecule has 0 bridgehead atoms. The summed E-state index contributed by atoms with van der Waals surface area (Å²) < 4.78 is 7.50. The standard InChI is InChI=1S/C22H27N3O2/c1-16(23-22(26)20-12-7-15-27-20)21-24-18-10-5-6-11-19(18)25(21)14-13-17-8-3-2-4-9-17/h5-7,10-12,15-17H,2-4,8-9,13-14H2,1H3,(H,23,26)/t16-/m0/s1. The minimum Gasteiger partial charge on any atom is -0.459 e. The van der Waals surface area contributed by atoms with Crippen LogP contribution in [0.25, 0.3) is 11.0 Å². The van der Waals surface area contributed by atoms with E-state index in [-0.39, 0.29) is 11.9 Å². The number of amides is 1. The lowest BCUT2D eigenvalue weighted by molar-refractivity contribution is 0.0909. The molecule has 0 unspecified atom stereocenters. The van der Waals surface area contributed by atoms with Gasteiger partial charge in [-0.2, -0.15) is 0 Å². The monoisotopic (exact) mass is 365 g/mol. The molecule has 0 aliphatic heterocycles. The maximum atomic E-state index is 12.4. The van der Waals surface area contributed by atoms with Gasteiger partial charge < -0.3 is 14.3 Å². The molecule has 1 atom stereocenters. The molecule has 142 valence electrons. The molecule has 1 aromatic carbocycles. The summed E-state index contributed by atoms with van der Waals surface area (Å²) in [4.78, 5) is 17.2. The van der Waals surface area contributed by atoms with E-state index in [1.54, 1.807) is 12.1 Å². The van der Waals surface area contributed by atoms with Crippen LogP contribution in [0.5, 0.6) is 0 Å². The molecular weight excluding hydrogens is 338 g/mol. The highest BCUT2D eigenvalue weighted by Crippen LogP contribution is 2.28. The van der Waals surface area contributed by atoms with E-state index in [1.165, 1.54) is 44.8 Å². The molecule has 1 N–H and O–H groups in total. The molecule has 1 saturated carbocycles. The van der Waals surface area contributed by atoms with E-state index in [0.29, 0.717) is 5.76 Å². The van der Waals surface area contributed by atoms with E-state index in [9.17, 15) is 4.79 Å². The molecule has 1 amide bonds. The van der Waals surface area contributed by atoms with Crippen molar-refractivity contribution in [2.24, 2.45) is 5.92 Å². The van der Waals surface area contributed by atoms with Crippen molar-refractivity contribution in [1.82, 2.24) is 14.9 Å². The van der Waals surface area contributed by atoms with Crippen molar-refractivity contribution >= 4 is 16.9 Å². The van der Waals surface area contributed by atoms with E-state index < -0.39 is 0 Å². The summed E-state index contributed by atoms with van der Waals surface area (Å²) in [6.07, 6.45) is 9.46. The molecule has 1 aliphatic carbocycles. The largest absolute Gasteiger partial charge is 0.459 e. The number of fused-ring (bicyclic) bond motifs is 1. The van der Waals surface area contributed by atoms with Gasteiger partial charge in [-0.15, -0.1) is 0 Å². The van der Waals surface area contributed by atoms with Crippen LogP contribution in [0, 0.1) is 5.92 Å². The van der Waals surface area contributed by atoms with Gasteiger partial charge in [0, 0.05) is 6.54 Å². The third kappa shape index (κ3) is 3.92. The van der Waals surface area contributed by atoms with Crippen molar-refractivity contribution in [1.29, 1.82) is 0 Å². The summed E-state index contributed by atoms with van der Waals surface area (Å²) >= 11 is 0. The number of furan rings is 1. The average Bonchev–Trinajstić information content (AvgIpc) is 3.35. The number of benzene rings is 1. The van der Waals surface area contributed by atoms with Gasteiger partial charge in [0.25, 0.3) is 5.91 Å². The van der Waals surface area contributed by atoms with Crippen LogP contribution in [0.15, 0.2) is 47.1 Å². The Labute approximate surface area is 159 Å². The van der Waals surface area contributed by atoms with Crippen LogP contribution in [0.3, 0.4) is 0 Å². The van der Waals surface area contributed by atoms with Gasteiger partial charge in [-0.1, -0.05) is 44.2 Å². The van der Waals surface area contributed by atoms with Crippen LogP contribution < -0.4 is 5.32 Å². The summed E-state index contributed by atoms with van der Waals surface area (Å²) in [6.45, 7) is 2.93. The van der Waals surface area contributed by atoms with E-state index in [0.717, 1.165) is 29.3 Å². The second-order valence-corrected chi connectivity index (χ2v) is 7.58. The Morgan fingerprint density at radius 2 is 2.04 bits per heavy atom. The van der Waals surface area contributed by atoms with Gasteiger partial charge in [0.05, 0.1) is 23.3 Å². The van der Waals surface area contributed by atoms with Crippen LogP contribution in [-0.4, -0.2) is 15.5 Å². The second kappa shape index (κ2) is 7.99. The Morgan fingerprint density at radius 1 is 1.22 bits per heavy atom. The normalized spacial score (nSPS) is 16.5. The average molecular weight is 365 g/mol. The highest BCUT2D eigenvalue weighted by molar-refractivity contribution is 5.91. The Balaban J connectivity index is 1.56. The molecule has 2 aromatic heterocycles. The van der Waals surface area contributed by atoms with Crippen LogP contribution in [0.2, 0.25) is 0 Å². The van der Waals surface area contributed by atoms with E-state index in [4.69, 9.17) is 9.40 Å². The summed E-state index contributed by atoms with van der Waals surface area (Å²) in [5, 5.41) is 3.02. The molecule has 4 rings (SSSR count). The number of aryl methyl sites for hydroxylation is 1. The third-order valence-electron chi connectivity index (χ3n) is 5.65. The Morgan fingerprint density at radius 3 is 2.81 bits per heavy atom. The predicted octanol–water partition coefficient (Wildman–Crippen LogP) is 5.09. The smallest absolute Gasteiger partial charge is 0.287 e. The number of nitrogens with one attached hydrogen (secondary N) is 1. The highest BCUT2D eigenvalue weighted by atomic mass is 16.3. The third-order valence-corrected chi connectivity index (χ3v) is 5.65. The fraction of sp³-hybridized carbons (Fsp3) is 0.455. The lowest BCUT2D eigenvalue weighted by Gasteiger charge is -2.23. The summed E-state index contributed by atoms with van der Waals surface area (Å²) in [5.41, 5.74) is 2.12. The first-order chi connectivity index (χ1) is 13.2. The molecular formula is C22H27N3O2. The molecule has 1 fully saturated rings. The zero-order chi connectivity index (χ0) is 18.6. The molecule has 0 radical (unpaired) electrons. The molecule has 5 nitrogen and oxygen atoms in total. The molecule has 1 aliphatic rings. The lowest BCUT2D eigenvalue weighted by Crippen LogP contribution is -2.28. The first-order valence-electron chi connectivity index (χ1n) is 10.0. The van der Waals surface area contributed by atoms with Crippen LogP contribution in [0.1, 0.15) is 67.9 Å². The van der Waals surface area contributed by atoms with Crippen molar-refractivity contribution in [3.05, 3.63) is 54.2 Å². The quantitative estimate of drug-likeness (QED) is 0.662. The zero-order valence-electron chi connectivity index (χ0n) is 15.9. The summed E-state index contributed by atoms with van der Waals surface area (Å²) in [7, 11) is 0. The number of aromatic nitrogens is 2. The van der Waals surface area contributed by atoms with Crippen LogP contribution in [-0.2, 0) is 6.54 Å². The van der Waals surface area contributed by atoms with Gasteiger partial charge >= 0.3 is 0 Å². The maximum absolute atomic E-state index is 12.4. The van der Waals surface area contributed by atoms with Gasteiger partial charge in [0.1, 0.15) is 5.82 Å². The van der Waals surface area contributed by atoms with E-state index in [2.05, 4.69) is 22.0 Å². The minimum absolute atomic E-state index is 0.193. The fourth-order valence-electron chi connectivity index (χ4n) is 4.19. The number of rotatable bonds is 6. The van der Waals surface area contributed by atoms with Crippen molar-refractivity contribution in [2.75, 3.05) is 0 Å². The van der Waals surface area contributed by atoms with Gasteiger partial charge in [0.15, 0.2) is 5.76 Å². The topological polar surface area (TPSA) is 60.1 Å².